The lowest BCUT2D eigenvalue weighted by Gasteiger charge is -2.46. The molecule has 0 bridgehead atoms. The fourth-order valence-corrected chi connectivity index (χ4v) is 5.88. The van der Waals surface area contributed by atoms with Crippen molar-refractivity contribution in [2.24, 2.45) is 0 Å². The van der Waals surface area contributed by atoms with E-state index < -0.39 is 6.04 Å². The van der Waals surface area contributed by atoms with Crippen LogP contribution < -0.4 is 5.32 Å². The van der Waals surface area contributed by atoms with Crippen molar-refractivity contribution in [3.63, 3.8) is 0 Å². The molecule has 1 aromatic rings. The Hall–Kier alpha value is -2.73. The average Bonchev–Trinajstić information content (AvgIpc) is 3.15. The molecule has 6 heteroatoms. The largest absolute Gasteiger partial charge is 0.322 e. The maximum absolute atomic E-state index is 12.9. The minimum Gasteiger partial charge on any atom is -0.322 e. The number of nitrogens with zero attached hydrogens (tertiary/aromatic N) is 2. The van der Waals surface area contributed by atoms with Crippen LogP contribution >= 0.6 is 0 Å². The van der Waals surface area contributed by atoms with Crippen molar-refractivity contribution in [2.45, 2.75) is 69.5 Å². The minimum atomic E-state index is -0.554. The van der Waals surface area contributed by atoms with E-state index in [4.69, 9.17) is 0 Å². The van der Waals surface area contributed by atoms with Crippen LogP contribution in [-0.2, 0) is 16.1 Å². The Kier molecular flexibility index (Phi) is 5.49. The molecule has 2 atom stereocenters. The molecule has 2 fully saturated rings. The van der Waals surface area contributed by atoms with Gasteiger partial charge < -0.3 is 4.90 Å². The van der Waals surface area contributed by atoms with Gasteiger partial charge in [-0.3, -0.25) is 24.6 Å². The molecule has 3 aliphatic heterocycles. The van der Waals surface area contributed by atoms with E-state index in [1.54, 1.807) is 4.90 Å². The topological polar surface area (TPSA) is 69.7 Å². The average molecular weight is 434 g/mol. The SMILES string of the molecule is CCC1(N2CCC(c3ccc4c(c3)CN(C3CCC(=O)NC3=O)C4=O)CC2)C=CC=CC1. The van der Waals surface area contributed by atoms with Gasteiger partial charge in [0.2, 0.25) is 11.8 Å². The van der Waals surface area contributed by atoms with Gasteiger partial charge in [-0.1, -0.05) is 43.4 Å². The van der Waals surface area contributed by atoms with Crippen LogP contribution in [0.2, 0.25) is 0 Å². The summed E-state index contributed by atoms with van der Waals surface area (Å²) in [6.07, 6.45) is 14.1. The fourth-order valence-electron chi connectivity index (χ4n) is 5.88. The number of amides is 3. The molecule has 0 saturated carbocycles. The third kappa shape index (κ3) is 3.60. The van der Waals surface area contributed by atoms with Gasteiger partial charge >= 0.3 is 0 Å². The molecule has 0 aromatic heterocycles. The van der Waals surface area contributed by atoms with Gasteiger partial charge in [-0.2, -0.15) is 0 Å². The number of benzene rings is 1. The highest BCUT2D eigenvalue weighted by Gasteiger charge is 2.40. The molecule has 0 radical (unpaired) electrons. The maximum atomic E-state index is 12.9. The van der Waals surface area contributed by atoms with Crippen LogP contribution in [0.1, 0.15) is 72.9 Å². The van der Waals surface area contributed by atoms with Gasteiger partial charge in [0.25, 0.3) is 5.91 Å². The fraction of sp³-hybridized carbons (Fsp3) is 0.500. The van der Waals surface area contributed by atoms with Crippen molar-refractivity contribution in [3.05, 3.63) is 59.2 Å². The van der Waals surface area contributed by atoms with Gasteiger partial charge in [0, 0.05) is 24.1 Å². The van der Waals surface area contributed by atoms with Crippen molar-refractivity contribution in [1.82, 2.24) is 15.1 Å². The summed E-state index contributed by atoms with van der Waals surface area (Å²) in [5.41, 5.74) is 3.16. The minimum absolute atomic E-state index is 0.0992. The van der Waals surface area contributed by atoms with Crippen LogP contribution in [0, 0.1) is 0 Å². The quantitative estimate of drug-likeness (QED) is 0.740. The summed E-state index contributed by atoms with van der Waals surface area (Å²) in [5, 5.41) is 2.37. The zero-order valence-corrected chi connectivity index (χ0v) is 18.7. The molecular weight excluding hydrogens is 402 g/mol. The number of carbonyl (C=O) groups is 3. The number of piperidine rings is 2. The Bertz CT molecular complexity index is 1010. The molecule has 1 N–H and O–H groups in total. The Morgan fingerprint density at radius 3 is 2.59 bits per heavy atom. The number of rotatable bonds is 4. The van der Waals surface area contributed by atoms with Crippen molar-refractivity contribution >= 4 is 17.7 Å². The number of hydrogen-bond acceptors (Lipinski definition) is 4. The van der Waals surface area contributed by atoms with Gasteiger partial charge in [0.1, 0.15) is 6.04 Å². The molecule has 5 rings (SSSR count). The molecule has 1 aliphatic carbocycles. The van der Waals surface area contributed by atoms with Crippen molar-refractivity contribution in [1.29, 1.82) is 0 Å². The number of carbonyl (C=O) groups excluding carboxylic acids is 3. The molecule has 1 aromatic carbocycles. The summed E-state index contributed by atoms with van der Waals surface area (Å²) in [6.45, 7) is 4.88. The Balaban J connectivity index is 1.27. The number of allylic oxidation sites excluding steroid dienone is 2. The highest BCUT2D eigenvalue weighted by Crippen LogP contribution is 2.37. The van der Waals surface area contributed by atoms with Crippen molar-refractivity contribution in [3.8, 4) is 0 Å². The summed E-state index contributed by atoms with van der Waals surface area (Å²) in [7, 11) is 0. The second-order valence-electron chi connectivity index (χ2n) is 9.53. The van der Waals surface area contributed by atoms with E-state index >= 15 is 0 Å². The maximum Gasteiger partial charge on any atom is 0.255 e. The molecular formula is C26H31N3O3. The van der Waals surface area contributed by atoms with Crippen LogP contribution in [0.5, 0.6) is 0 Å². The zero-order chi connectivity index (χ0) is 22.3. The zero-order valence-electron chi connectivity index (χ0n) is 18.7. The van der Waals surface area contributed by atoms with Crippen LogP contribution in [0.15, 0.2) is 42.5 Å². The Labute approximate surface area is 189 Å². The van der Waals surface area contributed by atoms with E-state index in [2.05, 4.69) is 53.6 Å². The van der Waals surface area contributed by atoms with Crippen LogP contribution in [0.3, 0.4) is 0 Å². The molecule has 6 nitrogen and oxygen atoms in total. The number of fused-ring (bicyclic) bond motifs is 1. The van der Waals surface area contributed by atoms with Crippen LogP contribution in [0.4, 0.5) is 0 Å². The molecule has 2 unspecified atom stereocenters. The molecule has 32 heavy (non-hydrogen) atoms. The Morgan fingerprint density at radius 2 is 1.91 bits per heavy atom. The lowest BCUT2D eigenvalue weighted by molar-refractivity contribution is -0.136. The lowest BCUT2D eigenvalue weighted by Crippen LogP contribution is -2.52. The highest BCUT2D eigenvalue weighted by molar-refractivity contribution is 6.05. The van der Waals surface area contributed by atoms with Crippen molar-refractivity contribution < 1.29 is 14.4 Å². The second-order valence-corrected chi connectivity index (χ2v) is 9.53. The number of nitrogens with one attached hydrogen (secondary N) is 1. The molecule has 3 heterocycles. The third-order valence-electron chi connectivity index (χ3n) is 7.88. The number of likely N-dealkylation sites (tertiary alicyclic amines) is 1. The number of imide groups is 1. The van der Waals surface area contributed by atoms with Gasteiger partial charge in [0.15, 0.2) is 0 Å². The van der Waals surface area contributed by atoms with Gasteiger partial charge in [0.05, 0.1) is 0 Å². The first-order valence-corrected chi connectivity index (χ1v) is 11.9. The standard InChI is InChI=1S/C26H31N3O3/c1-2-26(12-4-3-5-13-26)28-14-10-18(11-15-28)19-6-7-21-20(16-19)17-29(25(21)32)22-8-9-23(30)27-24(22)31/h3-7,12,16,18,22H,2,8-11,13-15,17H2,1H3,(H,27,30,31). The first-order valence-electron chi connectivity index (χ1n) is 11.9. The molecule has 168 valence electrons. The van der Waals surface area contributed by atoms with E-state index in [0.29, 0.717) is 24.4 Å². The first kappa shape index (κ1) is 21.1. The van der Waals surface area contributed by atoms with Gasteiger partial charge in [-0.05, 0) is 68.3 Å². The lowest BCUT2D eigenvalue weighted by atomic mass is 9.82. The summed E-state index contributed by atoms with van der Waals surface area (Å²) >= 11 is 0. The number of hydrogen-bond donors (Lipinski definition) is 1. The van der Waals surface area contributed by atoms with Crippen LogP contribution in [0.25, 0.3) is 0 Å². The predicted molar refractivity (Wildman–Crippen MR) is 122 cm³/mol. The third-order valence-corrected chi connectivity index (χ3v) is 7.88. The summed E-state index contributed by atoms with van der Waals surface area (Å²) in [4.78, 5) is 41.0. The van der Waals surface area contributed by atoms with E-state index in [-0.39, 0.29) is 29.7 Å². The highest BCUT2D eigenvalue weighted by atomic mass is 16.2. The van der Waals surface area contributed by atoms with Crippen LogP contribution in [-0.4, -0.2) is 52.2 Å². The molecule has 0 spiro atoms. The van der Waals surface area contributed by atoms with E-state index in [9.17, 15) is 14.4 Å². The predicted octanol–water partition coefficient (Wildman–Crippen LogP) is 3.29. The van der Waals surface area contributed by atoms with Gasteiger partial charge in [-0.25, -0.2) is 0 Å². The van der Waals surface area contributed by atoms with E-state index in [1.807, 2.05) is 6.07 Å². The van der Waals surface area contributed by atoms with Crippen molar-refractivity contribution in [2.75, 3.05) is 13.1 Å². The molecule has 2 saturated heterocycles. The summed E-state index contributed by atoms with van der Waals surface area (Å²) < 4.78 is 0. The van der Waals surface area contributed by atoms with Gasteiger partial charge in [-0.15, -0.1) is 0 Å². The molecule has 4 aliphatic rings. The summed E-state index contributed by atoms with van der Waals surface area (Å²) in [6, 6.07) is 5.66. The molecule has 3 amide bonds. The summed E-state index contributed by atoms with van der Waals surface area (Å²) in [5.74, 6) is -0.216. The monoisotopic (exact) mass is 433 g/mol. The normalized spacial score (nSPS) is 28.8. The van der Waals surface area contributed by atoms with E-state index in [0.717, 1.165) is 44.3 Å². The first-order chi connectivity index (χ1) is 15.5. The Morgan fingerprint density at radius 1 is 1.09 bits per heavy atom. The second kappa shape index (κ2) is 8.32. The van der Waals surface area contributed by atoms with E-state index in [1.165, 1.54) is 5.56 Å². The smallest absolute Gasteiger partial charge is 0.255 e.